The highest BCUT2D eigenvalue weighted by Gasteiger charge is 2.26. The summed E-state index contributed by atoms with van der Waals surface area (Å²) in [6, 6.07) is 5.55. The van der Waals surface area contributed by atoms with Crippen LogP contribution in [0.1, 0.15) is 35.7 Å². The van der Waals surface area contributed by atoms with Crippen molar-refractivity contribution in [1.82, 2.24) is 10.2 Å². The van der Waals surface area contributed by atoms with Crippen molar-refractivity contribution in [3.05, 3.63) is 29.3 Å². The lowest BCUT2D eigenvalue weighted by Gasteiger charge is -2.34. The number of carbonyl (C=O) groups is 1. The van der Waals surface area contributed by atoms with Gasteiger partial charge in [0.15, 0.2) is 0 Å². The molecule has 104 valence electrons. The molecule has 4 nitrogen and oxygen atoms in total. The molecule has 19 heavy (non-hydrogen) atoms. The van der Waals surface area contributed by atoms with Gasteiger partial charge in [-0.1, -0.05) is 12.1 Å². The van der Waals surface area contributed by atoms with Crippen molar-refractivity contribution >= 4 is 5.91 Å². The number of aryl methyl sites for hydroxylation is 1. The molecule has 1 aromatic carbocycles. The average molecular weight is 262 g/mol. The second-order valence-corrected chi connectivity index (χ2v) is 5.06. The van der Waals surface area contributed by atoms with Crippen molar-refractivity contribution in [1.29, 1.82) is 0 Å². The van der Waals surface area contributed by atoms with Gasteiger partial charge in [0, 0.05) is 19.1 Å². The van der Waals surface area contributed by atoms with Gasteiger partial charge in [0.2, 0.25) is 0 Å². The second-order valence-electron chi connectivity index (χ2n) is 5.06. The SMILES string of the molecule is CCN(C(=O)c1cccc(C)c1O)C1CCCNC1. The van der Waals surface area contributed by atoms with E-state index in [1.807, 2.05) is 30.9 Å². The molecule has 1 aliphatic heterocycles. The molecule has 1 heterocycles. The number of amides is 1. The lowest BCUT2D eigenvalue weighted by Crippen LogP contribution is -2.48. The number of aromatic hydroxyl groups is 1. The number of piperidine rings is 1. The third-order valence-corrected chi connectivity index (χ3v) is 3.78. The molecule has 1 atom stereocenters. The van der Waals surface area contributed by atoms with Crippen LogP contribution in [0.25, 0.3) is 0 Å². The van der Waals surface area contributed by atoms with Gasteiger partial charge in [-0.15, -0.1) is 0 Å². The number of likely N-dealkylation sites (N-methyl/N-ethyl adjacent to an activating group) is 1. The Morgan fingerprint density at radius 1 is 1.53 bits per heavy atom. The van der Waals surface area contributed by atoms with Crippen LogP contribution in [0.5, 0.6) is 5.75 Å². The number of rotatable bonds is 3. The highest BCUT2D eigenvalue weighted by atomic mass is 16.3. The van der Waals surface area contributed by atoms with Gasteiger partial charge in [-0.05, 0) is 44.9 Å². The first kappa shape index (κ1) is 13.9. The highest BCUT2D eigenvalue weighted by Crippen LogP contribution is 2.24. The molecule has 0 spiro atoms. The van der Waals surface area contributed by atoms with E-state index in [-0.39, 0.29) is 17.7 Å². The Hall–Kier alpha value is -1.55. The van der Waals surface area contributed by atoms with Gasteiger partial charge in [0.05, 0.1) is 5.56 Å². The van der Waals surface area contributed by atoms with Gasteiger partial charge in [-0.2, -0.15) is 0 Å². The Morgan fingerprint density at radius 2 is 2.32 bits per heavy atom. The van der Waals surface area contributed by atoms with Crippen molar-refractivity contribution in [2.24, 2.45) is 0 Å². The number of carbonyl (C=O) groups excluding carboxylic acids is 1. The van der Waals surface area contributed by atoms with Crippen LogP contribution in [0.3, 0.4) is 0 Å². The molecule has 2 rings (SSSR count). The van der Waals surface area contributed by atoms with Crippen LogP contribution < -0.4 is 5.32 Å². The largest absolute Gasteiger partial charge is 0.507 e. The summed E-state index contributed by atoms with van der Waals surface area (Å²) >= 11 is 0. The molecule has 0 aliphatic carbocycles. The molecule has 2 N–H and O–H groups in total. The minimum atomic E-state index is -0.0719. The zero-order chi connectivity index (χ0) is 13.8. The van der Waals surface area contributed by atoms with Crippen molar-refractivity contribution < 1.29 is 9.90 Å². The number of benzene rings is 1. The first-order valence-corrected chi connectivity index (χ1v) is 6.95. The molecule has 1 aliphatic rings. The lowest BCUT2D eigenvalue weighted by atomic mass is 10.0. The Kier molecular flexibility index (Phi) is 4.43. The Labute approximate surface area is 114 Å². The van der Waals surface area contributed by atoms with Crippen molar-refractivity contribution in [2.45, 2.75) is 32.7 Å². The highest BCUT2D eigenvalue weighted by molar-refractivity contribution is 5.97. The Morgan fingerprint density at radius 3 is 2.95 bits per heavy atom. The van der Waals surface area contributed by atoms with E-state index in [0.29, 0.717) is 12.1 Å². The van der Waals surface area contributed by atoms with Gasteiger partial charge in [-0.3, -0.25) is 4.79 Å². The topological polar surface area (TPSA) is 52.6 Å². The number of phenols is 1. The zero-order valence-electron chi connectivity index (χ0n) is 11.6. The molecule has 1 amide bonds. The van der Waals surface area contributed by atoms with E-state index in [1.165, 1.54) is 0 Å². The maximum atomic E-state index is 12.6. The zero-order valence-corrected chi connectivity index (χ0v) is 11.6. The van der Waals surface area contributed by atoms with E-state index < -0.39 is 0 Å². The van der Waals surface area contributed by atoms with E-state index in [9.17, 15) is 9.90 Å². The summed E-state index contributed by atoms with van der Waals surface area (Å²) in [5.41, 5.74) is 1.15. The Bertz CT molecular complexity index is 453. The minimum Gasteiger partial charge on any atom is -0.507 e. The second kappa shape index (κ2) is 6.06. The normalized spacial score (nSPS) is 19.2. The van der Waals surface area contributed by atoms with Crippen LogP contribution in [0, 0.1) is 6.92 Å². The van der Waals surface area contributed by atoms with Gasteiger partial charge in [0.1, 0.15) is 5.75 Å². The van der Waals surface area contributed by atoms with Crippen LogP contribution in [0.4, 0.5) is 0 Å². The van der Waals surface area contributed by atoms with Crippen LogP contribution in [0.2, 0.25) is 0 Å². The summed E-state index contributed by atoms with van der Waals surface area (Å²) in [5.74, 6) is 0.0344. The number of para-hydroxylation sites is 1. The van der Waals surface area contributed by atoms with Gasteiger partial charge in [-0.25, -0.2) is 0 Å². The van der Waals surface area contributed by atoms with Crippen LogP contribution in [-0.4, -0.2) is 41.6 Å². The molecule has 0 aromatic heterocycles. The molecule has 0 radical (unpaired) electrons. The van der Waals surface area contributed by atoms with E-state index in [0.717, 1.165) is 31.5 Å². The fourth-order valence-electron chi connectivity index (χ4n) is 2.65. The van der Waals surface area contributed by atoms with E-state index in [2.05, 4.69) is 5.32 Å². The fourth-order valence-corrected chi connectivity index (χ4v) is 2.65. The molecule has 0 bridgehead atoms. The third-order valence-electron chi connectivity index (χ3n) is 3.78. The molecular weight excluding hydrogens is 240 g/mol. The number of hydrogen-bond acceptors (Lipinski definition) is 3. The third kappa shape index (κ3) is 2.89. The number of nitrogens with one attached hydrogen (secondary N) is 1. The van der Waals surface area contributed by atoms with Crippen molar-refractivity contribution in [3.63, 3.8) is 0 Å². The quantitative estimate of drug-likeness (QED) is 0.875. The van der Waals surface area contributed by atoms with E-state index in [1.54, 1.807) is 6.07 Å². The Balaban J connectivity index is 2.22. The number of phenolic OH excluding ortho intramolecular Hbond substituents is 1. The summed E-state index contributed by atoms with van der Waals surface area (Å²) in [5, 5.41) is 13.4. The summed E-state index contributed by atoms with van der Waals surface area (Å²) in [7, 11) is 0. The van der Waals surface area contributed by atoms with Gasteiger partial charge in [0.25, 0.3) is 5.91 Å². The summed E-state index contributed by atoms with van der Waals surface area (Å²) < 4.78 is 0. The number of nitrogens with zero attached hydrogens (tertiary/aromatic N) is 1. The molecule has 0 saturated carbocycles. The van der Waals surface area contributed by atoms with E-state index in [4.69, 9.17) is 0 Å². The predicted octanol–water partition coefficient (Wildman–Crippen LogP) is 1.91. The van der Waals surface area contributed by atoms with Crippen LogP contribution in [-0.2, 0) is 0 Å². The van der Waals surface area contributed by atoms with Crippen molar-refractivity contribution in [3.8, 4) is 5.75 Å². The monoisotopic (exact) mass is 262 g/mol. The first-order valence-electron chi connectivity index (χ1n) is 6.95. The molecule has 1 aromatic rings. The smallest absolute Gasteiger partial charge is 0.257 e. The maximum absolute atomic E-state index is 12.6. The standard InChI is InChI=1S/C15H22N2O2/c1-3-17(12-7-5-9-16-10-12)15(19)13-8-4-6-11(2)14(13)18/h4,6,8,12,16,18H,3,5,7,9-10H2,1-2H3. The molecule has 1 unspecified atom stereocenters. The minimum absolute atomic E-state index is 0.0719. The van der Waals surface area contributed by atoms with E-state index >= 15 is 0 Å². The summed E-state index contributed by atoms with van der Waals surface area (Å²) in [4.78, 5) is 14.4. The fraction of sp³-hybridized carbons (Fsp3) is 0.533. The van der Waals surface area contributed by atoms with Crippen molar-refractivity contribution in [2.75, 3.05) is 19.6 Å². The number of hydrogen-bond donors (Lipinski definition) is 2. The predicted molar refractivity (Wildman–Crippen MR) is 75.4 cm³/mol. The summed E-state index contributed by atoms with van der Waals surface area (Å²) in [6.45, 7) is 6.33. The van der Waals surface area contributed by atoms with Gasteiger partial charge < -0.3 is 15.3 Å². The van der Waals surface area contributed by atoms with Gasteiger partial charge >= 0.3 is 0 Å². The summed E-state index contributed by atoms with van der Waals surface area (Å²) in [6.07, 6.45) is 2.12. The lowest BCUT2D eigenvalue weighted by molar-refractivity contribution is 0.0659. The maximum Gasteiger partial charge on any atom is 0.257 e. The average Bonchev–Trinajstić information content (AvgIpc) is 2.44. The molecular formula is C15H22N2O2. The molecule has 1 saturated heterocycles. The van der Waals surface area contributed by atoms with Crippen LogP contribution >= 0.6 is 0 Å². The molecule has 1 fully saturated rings. The first-order chi connectivity index (χ1) is 9.15. The van der Waals surface area contributed by atoms with Crippen LogP contribution in [0.15, 0.2) is 18.2 Å². The molecule has 4 heteroatoms.